The standard InChI is InChI=1S/C15H10/c1-3-10-7-8-11-4-2-6-13-9-12(5-1)14(10)15(11)13/h1,3-9H,2H2. The summed E-state index contributed by atoms with van der Waals surface area (Å²) < 4.78 is 0. The van der Waals surface area contributed by atoms with E-state index in [2.05, 4.69) is 48.6 Å². The van der Waals surface area contributed by atoms with Gasteiger partial charge in [-0.2, -0.15) is 0 Å². The lowest BCUT2D eigenvalue weighted by Gasteiger charge is -2.07. The van der Waals surface area contributed by atoms with Crippen molar-refractivity contribution in [3.8, 4) is 0 Å². The summed E-state index contributed by atoms with van der Waals surface area (Å²) in [6.07, 6.45) is 8.02. The Morgan fingerprint density at radius 3 is 2.87 bits per heavy atom. The highest BCUT2D eigenvalue weighted by atomic mass is 14.2. The minimum absolute atomic E-state index is 1.07. The third kappa shape index (κ3) is 0.822. The molecule has 0 atom stereocenters. The first-order chi connectivity index (χ1) is 7.43. The number of allylic oxidation sites excluding steroid dienone is 2. The second kappa shape index (κ2) is 2.40. The van der Waals surface area contributed by atoms with Gasteiger partial charge in [0.1, 0.15) is 0 Å². The minimum atomic E-state index is 1.07. The lowest BCUT2D eigenvalue weighted by Crippen LogP contribution is -2.10. The Morgan fingerprint density at radius 1 is 0.867 bits per heavy atom. The molecule has 4 rings (SSSR count). The molecule has 0 N–H and O–H groups in total. The Balaban J connectivity index is 2.45. The highest BCUT2D eigenvalue weighted by molar-refractivity contribution is 6.08. The molecule has 0 bridgehead atoms. The van der Waals surface area contributed by atoms with Gasteiger partial charge in [0.25, 0.3) is 0 Å². The van der Waals surface area contributed by atoms with Gasteiger partial charge in [-0.3, -0.25) is 0 Å². The minimum Gasteiger partial charge on any atom is -0.0728 e. The van der Waals surface area contributed by atoms with Crippen molar-refractivity contribution >= 4 is 28.5 Å². The predicted molar refractivity (Wildman–Crippen MR) is 64.7 cm³/mol. The van der Waals surface area contributed by atoms with Crippen molar-refractivity contribution < 1.29 is 0 Å². The van der Waals surface area contributed by atoms with Crippen LogP contribution in [0.4, 0.5) is 0 Å². The summed E-state index contributed by atoms with van der Waals surface area (Å²) in [6.45, 7) is 0. The average Bonchev–Trinajstić information content (AvgIpc) is 2.66. The van der Waals surface area contributed by atoms with Gasteiger partial charge >= 0.3 is 0 Å². The number of hydrogen-bond donors (Lipinski definition) is 0. The first kappa shape index (κ1) is 7.47. The van der Waals surface area contributed by atoms with Gasteiger partial charge in [0, 0.05) is 0 Å². The molecule has 0 amide bonds. The van der Waals surface area contributed by atoms with E-state index >= 15 is 0 Å². The van der Waals surface area contributed by atoms with Gasteiger partial charge in [-0.1, -0.05) is 42.5 Å². The van der Waals surface area contributed by atoms with Gasteiger partial charge in [-0.05, 0) is 44.8 Å². The zero-order valence-corrected chi connectivity index (χ0v) is 8.33. The van der Waals surface area contributed by atoms with Gasteiger partial charge in [-0.25, -0.2) is 0 Å². The smallest absolute Gasteiger partial charge is 0.00268 e. The van der Waals surface area contributed by atoms with Gasteiger partial charge in [0.05, 0.1) is 0 Å². The van der Waals surface area contributed by atoms with Crippen LogP contribution in [0.5, 0.6) is 0 Å². The molecule has 2 aromatic rings. The first-order valence-electron chi connectivity index (χ1n) is 5.38. The van der Waals surface area contributed by atoms with Gasteiger partial charge < -0.3 is 0 Å². The van der Waals surface area contributed by atoms with E-state index in [-0.39, 0.29) is 0 Å². The second-order valence-corrected chi connectivity index (χ2v) is 4.22. The van der Waals surface area contributed by atoms with Crippen LogP contribution in [-0.4, -0.2) is 0 Å². The highest BCUT2D eigenvalue weighted by Crippen LogP contribution is 2.27. The summed E-state index contributed by atoms with van der Waals surface area (Å²) in [7, 11) is 0. The fourth-order valence-electron chi connectivity index (χ4n) is 2.74. The maximum Gasteiger partial charge on any atom is -0.00268 e. The predicted octanol–water partition coefficient (Wildman–Crippen LogP) is 2.20. The van der Waals surface area contributed by atoms with Crippen LogP contribution in [0.25, 0.3) is 28.5 Å². The molecule has 15 heavy (non-hydrogen) atoms. The molecule has 70 valence electrons. The van der Waals surface area contributed by atoms with Crippen LogP contribution in [-0.2, 0) is 0 Å². The summed E-state index contributed by atoms with van der Waals surface area (Å²) in [5.41, 5.74) is 2.87. The number of hydrogen-bond acceptors (Lipinski definition) is 0. The van der Waals surface area contributed by atoms with E-state index in [9.17, 15) is 0 Å². The van der Waals surface area contributed by atoms with Gasteiger partial charge in [-0.15, -0.1) is 0 Å². The molecule has 0 unspecified atom stereocenters. The third-order valence-electron chi connectivity index (χ3n) is 3.39. The number of rotatable bonds is 0. The molecule has 0 aromatic heterocycles. The summed E-state index contributed by atoms with van der Waals surface area (Å²) in [5, 5.41) is 5.59. The Morgan fingerprint density at radius 2 is 1.87 bits per heavy atom. The summed E-state index contributed by atoms with van der Waals surface area (Å²) >= 11 is 0. The molecule has 2 aliphatic carbocycles. The molecule has 0 heteroatoms. The van der Waals surface area contributed by atoms with Crippen molar-refractivity contribution in [3.05, 3.63) is 52.4 Å². The largest absolute Gasteiger partial charge is 0.0728 e. The third-order valence-corrected chi connectivity index (χ3v) is 3.39. The molecule has 0 aliphatic heterocycles. The Kier molecular flexibility index (Phi) is 1.20. The molecule has 2 aromatic carbocycles. The van der Waals surface area contributed by atoms with Crippen LogP contribution in [0.15, 0.2) is 36.4 Å². The first-order valence-corrected chi connectivity index (χ1v) is 5.38. The van der Waals surface area contributed by atoms with Crippen LogP contribution in [0.1, 0.15) is 12.0 Å². The molecule has 2 aliphatic rings. The molecule has 0 saturated carbocycles. The Bertz CT molecular complexity index is 730. The monoisotopic (exact) mass is 190 g/mol. The van der Waals surface area contributed by atoms with E-state index in [0.29, 0.717) is 0 Å². The van der Waals surface area contributed by atoms with Crippen molar-refractivity contribution in [3.63, 3.8) is 0 Å². The van der Waals surface area contributed by atoms with Crippen molar-refractivity contribution in [1.82, 2.24) is 0 Å². The zero-order chi connectivity index (χ0) is 9.83. The van der Waals surface area contributed by atoms with Crippen molar-refractivity contribution in [2.24, 2.45) is 0 Å². The van der Waals surface area contributed by atoms with Crippen molar-refractivity contribution in [2.75, 3.05) is 0 Å². The SMILES string of the molecule is C1=C2C=c3cccc4ccc(c2c34)=CC1. The quantitative estimate of drug-likeness (QED) is 0.597. The second-order valence-electron chi connectivity index (χ2n) is 4.22. The molecule has 0 heterocycles. The van der Waals surface area contributed by atoms with Crippen molar-refractivity contribution in [1.29, 1.82) is 0 Å². The van der Waals surface area contributed by atoms with Crippen LogP contribution in [0.3, 0.4) is 0 Å². The molecule has 0 saturated heterocycles. The lowest BCUT2D eigenvalue weighted by atomic mass is 9.96. The van der Waals surface area contributed by atoms with E-state index in [1.165, 1.54) is 32.3 Å². The van der Waals surface area contributed by atoms with Gasteiger partial charge in [0.15, 0.2) is 0 Å². The fourth-order valence-corrected chi connectivity index (χ4v) is 2.74. The molecular weight excluding hydrogens is 180 g/mol. The maximum absolute atomic E-state index is 2.32. The normalized spacial score (nSPS) is 15.9. The molecule has 0 spiro atoms. The lowest BCUT2D eigenvalue weighted by molar-refractivity contribution is 1.42. The fraction of sp³-hybridized carbons (Fsp3) is 0.0667. The average molecular weight is 190 g/mol. The van der Waals surface area contributed by atoms with E-state index in [0.717, 1.165) is 6.42 Å². The van der Waals surface area contributed by atoms with Crippen LogP contribution < -0.4 is 10.4 Å². The van der Waals surface area contributed by atoms with Crippen LogP contribution >= 0.6 is 0 Å². The van der Waals surface area contributed by atoms with E-state index < -0.39 is 0 Å². The molecular formula is C15H10. The van der Waals surface area contributed by atoms with Gasteiger partial charge in [0.2, 0.25) is 0 Å². The summed E-state index contributed by atoms with van der Waals surface area (Å²) in [5.74, 6) is 0. The summed E-state index contributed by atoms with van der Waals surface area (Å²) in [6, 6.07) is 11.0. The zero-order valence-electron chi connectivity index (χ0n) is 8.33. The molecule has 0 fully saturated rings. The van der Waals surface area contributed by atoms with E-state index in [4.69, 9.17) is 0 Å². The van der Waals surface area contributed by atoms with E-state index in [1.54, 1.807) is 0 Å². The molecule has 0 radical (unpaired) electrons. The topological polar surface area (TPSA) is 0 Å². The van der Waals surface area contributed by atoms with Crippen LogP contribution in [0.2, 0.25) is 0 Å². The Labute approximate surface area is 87.9 Å². The van der Waals surface area contributed by atoms with Crippen molar-refractivity contribution in [2.45, 2.75) is 6.42 Å². The van der Waals surface area contributed by atoms with E-state index in [1.807, 2.05) is 0 Å². The molecule has 0 nitrogen and oxygen atoms in total. The Hall–Kier alpha value is -1.82. The summed E-state index contributed by atoms with van der Waals surface area (Å²) in [4.78, 5) is 0. The maximum atomic E-state index is 2.32. The number of benzene rings is 2. The highest BCUT2D eigenvalue weighted by Gasteiger charge is 2.14. The van der Waals surface area contributed by atoms with Crippen LogP contribution in [0, 0.1) is 0 Å².